The van der Waals surface area contributed by atoms with Crippen LogP contribution in [0.4, 0.5) is 5.69 Å². The van der Waals surface area contributed by atoms with Gasteiger partial charge in [-0.2, -0.15) is 0 Å². The fraction of sp³-hybridized carbons (Fsp3) is 0.364. The third-order valence-corrected chi connectivity index (χ3v) is 1.95. The van der Waals surface area contributed by atoms with Crippen molar-refractivity contribution in [3.63, 3.8) is 0 Å². The summed E-state index contributed by atoms with van der Waals surface area (Å²) in [6.45, 7) is 2.92. The van der Waals surface area contributed by atoms with Gasteiger partial charge >= 0.3 is 5.97 Å². The average Bonchev–Trinajstić information content (AvgIpc) is 2.28. The van der Waals surface area contributed by atoms with E-state index in [4.69, 9.17) is 15.2 Å². The van der Waals surface area contributed by atoms with Gasteiger partial charge in [-0.05, 0) is 19.1 Å². The molecule has 5 nitrogen and oxygen atoms in total. The van der Waals surface area contributed by atoms with Crippen LogP contribution in [0, 0.1) is 0 Å². The predicted molar refractivity (Wildman–Crippen MR) is 59.3 cm³/mol. The quantitative estimate of drug-likeness (QED) is 0.340. The number of aromatic hydroxyl groups is 1. The molecule has 0 aromatic heterocycles. The molecule has 5 heteroatoms. The van der Waals surface area contributed by atoms with Crippen LogP contribution >= 0.6 is 0 Å². The molecule has 1 aromatic carbocycles. The Morgan fingerprint density at radius 1 is 1.44 bits per heavy atom. The summed E-state index contributed by atoms with van der Waals surface area (Å²) in [7, 11) is 0. The van der Waals surface area contributed by atoms with Crippen molar-refractivity contribution in [1.82, 2.24) is 0 Å². The van der Waals surface area contributed by atoms with Gasteiger partial charge in [0.25, 0.3) is 0 Å². The minimum absolute atomic E-state index is 0.0662. The second-order valence-electron chi connectivity index (χ2n) is 3.08. The number of phenolic OH excluding ortho intramolecular Hbond substituents is 1. The molecular formula is C11H15NO4. The van der Waals surface area contributed by atoms with Gasteiger partial charge in [0.05, 0.1) is 12.3 Å². The second-order valence-corrected chi connectivity index (χ2v) is 3.08. The van der Waals surface area contributed by atoms with Gasteiger partial charge < -0.3 is 20.3 Å². The normalized spacial score (nSPS) is 10.1. The second kappa shape index (κ2) is 5.97. The summed E-state index contributed by atoms with van der Waals surface area (Å²) in [6, 6.07) is 4.54. The Morgan fingerprint density at radius 3 is 2.88 bits per heavy atom. The van der Waals surface area contributed by atoms with Crippen LogP contribution < -0.4 is 5.73 Å². The van der Waals surface area contributed by atoms with Crippen LogP contribution in [0.15, 0.2) is 18.2 Å². The number of carbonyl (C=O) groups is 1. The lowest BCUT2D eigenvalue weighted by atomic mass is 10.2. The van der Waals surface area contributed by atoms with E-state index in [1.807, 2.05) is 6.92 Å². The highest BCUT2D eigenvalue weighted by molar-refractivity contribution is 5.94. The molecule has 0 heterocycles. The minimum atomic E-state index is -0.607. The molecule has 88 valence electrons. The summed E-state index contributed by atoms with van der Waals surface area (Å²) in [5, 5.41) is 9.51. The first kappa shape index (κ1) is 12.3. The summed E-state index contributed by atoms with van der Waals surface area (Å²) in [5.41, 5.74) is 5.67. The number of anilines is 1. The summed E-state index contributed by atoms with van der Waals surface area (Å²) in [5.74, 6) is -0.853. The number of ether oxygens (including phenoxy) is 2. The maximum Gasteiger partial charge on any atom is 0.342 e. The summed E-state index contributed by atoms with van der Waals surface area (Å²) in [6.07, 6.45) is 0. The number of nitrogen functional groups attached to an aromatic ring is 1. The van der Waals surface area contributed by atoms with Crippen LogP contribution in [0.2, 0.25) is 0 Å². The highest BCUT2D eigenvalue weighted by Crippen LogP contribution is 2.24. The molecule has 0 aliphatic carbocycles. The van der Waals surface area contributed by atoms with Crippen LogP contribution in [0.5, 0.6) is 5.75 Å². The SMILES string of the molecule is CCOCCOC(=O)c1cccc(N)c1O. The first-order chi connectivity index (χ1) is 7.66. The lowest BCUT2D eigenvalue weighted by Gasteiger charge is -2.07. The molecule has 0 saturated carbocycles. The smallest absolute Gasteiger partial charge is 0.342 e. The highest BCUT2D eigenvalue weighted by atomic mass is 16.6. The number of hydrogen-bond donors (Lipinski definition) is 2. The van der Waals surface area contributed by atoms with Crippen LogP contribution in [0.3, 0.4) is 0 Å². The van der Waals surface area contributed by atoms with Crippen molar-refractivity contribution in [3.05, 3.63) is 23.8 Å². The van der Waals surface area contributed by atoms with Crippen molar-refractivity contribution in [2.75, 3.05) is 25.6 Å². The Morgan fingerprint density at radius 2 is 2.19 bits per heavy atom. The lowest BCUT2D eigenvalue weighted by Crippen LogP contribution is -2.11. The standard InChI is InChI=1S/C11H15NO4/c1-2-15-6-7-16-11(14)8-4-3-5-9(12)10(8)13/h3-5,13H,2,6-7,12H2,1H3. The van der Waals surface area contributed by atoms with Gasteiger partial charge in [-0.15, -0.1) is 0 Å². The molecule has 0 radical (unpaired) electrons. The average molecular weight is 225 g/mol. The third kappa shape index (κ3) is 3.13. The first-order valence-corrected chi connectivity index (χ1v) is 4.99. The molecule has 0 unspecified atom stereocenters. The maximum absolute atomic E-state index is 11.5. The molecule has 3 N–H and O–H groups in total. The summed E-state index contributed by atoms with van der Waals surface area (Å²) < 4.78 is 9.90. The molecule has 16 heavy (non-hydrogen) atoms. The van der Waals surface area contributed by atoms with Gasteiger partial charge in [-0.25, -0.2) is 4.79 Å². The Hall–Kier alpha value is -1.75. The molecule has 0 aliphatic rings. The highest BCUT2D eigenvalue weighted by Gasteiger charge is 2.13. The van der Waals surface area contributed by atoms with Gasteiger partial charge in [0.2, 0.25) is 0 Å². The van der Waals surface area contributed by atoms with Crippen LogP contribution in [0.25, 0.3) is 0 Å². The number of phenols is 1. The van der Waals surface area contributed by atoms with Crippen molar-refractivity contribution < 1.29 is 19.4 Å². The van der Waals surface area contributed by atoms with Crippen LogP contribution in [-0.2, 0) is 9.47 Å². The fourth-order valence-corrected chi connectivity index (χ4v) is 1.14. The maximum atomic E-state index is 11.5. The Labute approximate surface area is 93.8 Å². The van der Waals surface area contributed by atoms with Crippen molar-refractivity contribution in [3.8, 4) is 5.75 Å². The zero-order valence-corrected chi connectivity index (χ0v) is 9.10. The summed E-state index contributed by atoms with van der Waals surface area (Å²) >= 11 is 0. The molecule has 0 amide bonds. The van der Waals surface area contributed by atoms with E-state index < -0.39 is 5.97 Å². The Kier molecular flexibility index (Phi) is 4.60. The summed E-state index contributed by atoms with van der Waals surface area (Å²) in [4.78, 5) is 11.5. The molecule has 0 atom stereocenters. The number of para-hydroxylation sites is 1. The van der Waals surface area contributed by atoms with Crippen molar-refractivity contribution in [1.29, 1.82) is 0 Å². The first-order valence-electron chi connectivity index (χ1n) is 4.99. The van der Waals surface area contributed by atoms with Crippen molar-refractivity contribution in [2.45, 2.75) is 6.92 Å². The zero-order chi connectivity index (χ0) is 12.0. The predicted octanol–water partition coefficient (Wildman–Crippen LogP) is 1.17. The number of rotatable bonds is 5. The number of hydrogen-bond acceptors (Lipinski definition) is 5. The van der Waals surface area contributed by atoms with E-state index in [0.29, 0.717) is 13.2 Å². The lowest BCUT2D eigenvalue weighted by molar-refractivity contribution is 0.0333. The van der Waals surface area contributed by atoms with Crippen molar-refractivity contribution in [2.24, 2.45) is 0 Å². The molecule has 1 rings (SSSR count). The van der Waals surface area contributed by atoms with E-state index in [1.54, 1.807) is 6.07 Å². The molecule has 0 bridgehead atoms. The van der Waals surface area contributed by atoms with E-state index >= 15 is 0 Å². The molecule has 0 saturated heterocycles. The van der Waals surface area contributed by atoms with Gasteiger partial charge in [-0.3, -0.25) is 0 Å². The number of benzene rings is 1. The van der Waals surface area contributed by atoms with Gasteiger partial charge in [0.1, 0.15) is 12.2 Å². The molecule has 0 spiro atoms. The minimum Gasteiger partial charge on any atom is -0.505 e. The van der Waals surface area contributed by atoms with Crippen LogP contribution in [0.1, 0.15) is 17.3 Å². The number of nitrogens with two attached hydrogens (primary N) is 1. The number of carbonyl (C=O) groups excluding carboxylic acids is 1. The molecule has 0 fully saturated rings. The van der Waals surface area contributed by atoms with E-state index in [0.717, 1.165) is 0 Å². The van der Waals surface area contributed by atoms with E-state index in [2.05, 4.69) is 0 Å². The largest absolute Gasteiger partial charge is 0.505 e. The molecule has 1 aromatic rings. The number of esters is 1. The molecular weight excluding hydrogens is 210 g/mol. The van der Waals surface area contributed by atoms with Gasteiger partial charge in [-0.1, -0.05) is 6.07 Å². The van der Waals surface area contributed by atoms with Gasteiger partial charge in [0.15, 0.2) is 5.75 Å². The topological polar surface area (TPSA) is 81.8 Å². The van der Waals surface area contributed by atoms with Crippen molar-refractivity contribution >= 4 is 11.7 Å². The van der Waals surface area contributed by atoms with E-state index in [-0.39, 0.29) is 23.6 Å². The molecule has 0 aliphatic heterocycles. The van der Waals surface area contributed by atoms with Crippen LogP contribution in [-0.4, -0.2) is 30.9 Å². The third-order valence-electron chi connectivity index (χ3n) is 1.95. The van der Waals surface area contributed by atoms with E-state index in [1.165, 1.54) is 12.1 Å². The Balaban J connectivity index is 2.56. The Bertz CT molecular complexity index is 365. The van der Waals surface area contributed by atoms with E-state index in [9.17, 15) is 9.90 Å². The van der Waals surface area contributed by atoms with Gasteiger partial charge in [0, 0.05) is 6.61 Å². The monoisotopic (exact) mass is 225 g/mol. The zero-order valence-electron chi connectivity index (χ0n) is 9.10. The fourth-order valence-electron chi connectivity index (χ4n) is 1.14.